The van der Waals surface area contributed by atoms with Crippen molar-refractivity contribution in [2.45, 2.75) is 70.2 Å². The zero-order valence-corrected chi connectivity index (χ0v) is 20.8. The second-order valence-electron chi connectivity index (χ2n) is 8.69. The van der Waals surface area contributed by atoms with Gasteiger partial charge in [0.25, 0.3) is 0 Å². The van der Waals surface area contributed by atoms with Crippen LogP contribution in [-0.4, -0.2) is 29.2 Å². The Hall–Kier alpha value is -2.37. The van der Waals surface area contributed by atoms with Gasteiger partial charge in [-0.1, -0.05) is 6.92 Å². The molecule has 0 saturated carbocycles. The van der Waals surface area contributed by atoms with E-state index in [9.17, 15) is 14.9 Å². The molecule has 8 heteroatoms. The molecule has 0 spiro atoms. The quantitative estimate of drug-likeness (QED) is 0.423. The number of hydrogen-bond acceptors (Lipinski definition) is 7. The summed E-state index contributed by atoms with van der Waals surface area (Å²) in [6.07, 6.45) is 7.29. The molecule has 1 unspecified atom stereocenters. The van der Waals surface area contributed by atoms with Crippen LogP contribution in [0.2, 0.25) is 0 Å². The molecular weight excluding hydrogens is 454 g/mol. The first kappa shape index (κ1) is 23.8. The van der Waals surface area contributed by atoms with Gasteiger partial charge in [0, 0.05) is 22.7 Å². The Morgan fingerprint density at radius 1 is 1.33 bits per heavy atom. The minimum atomic E-state index is -0.355. The van der Waals surface area contributed by atoms with Crippen molar-refractivity contribution in [2.75, 3.05) is 17.7 Å². The van der Waals surface area contributed by atoms with E-state index in [4.69, 9.17) is 9.72 Å². The number of hydrogen-bond donors (Lipinski definition) is 1. The highest BCUT2D eigenvalue weighted by Gasteiger charge is 2.29. The van der Waals surface area contributed by atoms with E-state index in [1.165, 1.54) is 33.5 Å². The number of esters is 1. The summed E-state index contributed by atoms with van der Waals surface area (Å²) in [5, 5.41) is 13.8. The Kier molecular flexibility index (Phi) is 7.71. The summed E-state index contributed by atoms with van der Waals surface area (Å²) in [5.74, 6) is 0.593. The van der Waals surface area contributed by atoms with Gasteiger partial charge in [0.05, 0.1) is 17.7 Å². The van der Waals surface area contributed by atoms with Crippen LogP contribution in [0.25, 0.3) is 0 Å². The van der Waals surface area contributed by atoms with Crippen LogP contribution in [0, 0.1) is 17.2 Å². The number of anilines is 1. The zero-order valence-electron chi connectivity index (χ0n) is 19.2. The van der Waals surface area contributed by atoms with E-state index in [1.54, 1.807) is 6.92 Å². The van der Waals surface area contributed by atoms with Gasteiger partial charge >= 0.3 is 5.97 Å². The number of carbonyl (C=O) groups excluding carboxylic acids is 2. The average Bonchev–Trinajstić information content (AvgIpc) is 3.15. The van der Waals surface area contributed by atoms with Crippen molar-refractivity contribution in [1.29, 1.82) is 5.26 Å². The lowest BCUT2D eigenvalue weighted by atomic mass is 9.88. The summed E-state index contributed by atoms with van der Waals surface area (Å²) in [6, 6.07) is 4.22. The van der Waals surface area contributed by atoms with Crippen molar-refractivity contribution in [3.05, 3.63) is 38.9 Å². The smallest absolute Gasteiger partial charge is 0.341 e. The fraction of sp³-hybridized carbons (Fsp3) is 0.520. The zero-order chi connectivity index (χ0) is 23.4. The number of nitrogens with one attached hydrogen (secondary N) is 1. The molecule has 2 aromatic rings. The van der Waals surface area contributed by atoms with Crippen LogP contribution in [0.15, 0.2) is 11.1 Å². The number of thiophene rings is 1. The number of carbonyl (C=O) groups is 2. The molecular formula is C25H29N3O3S2. The van der Waals surface area contributed by atoms with Crippen molar-refractivity contribution >= 4 is 40.0 Å². The number of aryl methyl sites for hydroxylation is 2. The molecule has 0 saturated heterocycles. The Morgan fingerprint density at radius 3 is 2.94 bits per heavy atom. The number of amides is 1. The molecule has 2 aliphatic rings. The van der Waals surface area contributed by atoms with Crippen LogP contribution in [0.3, 0.4) is 0 Å². The van der Waals surface area contributed by atoms with Crippen molar-refractivity contribution < 1.29 is 14.3 Å². The summed E-state index contributed by atoms with van der Waals surface area (Å²) < 4.78 is 5.28. The molecule has 2 heterocycles. The standard InChI is InChI=1S/C25H29N3O3S2/c1-3-31-25(30)22-18-9-8-15(2)12-20(18)33-24(22)28-21(29)10-11-32-23-17(14-26)13-16-6-4-5-7-19(16)27-23/h13,15H,3-12H2,1-2H3,(H,28,29). The number of pyridine rings is 1. The number of rotatable bonds is 7. The van der Waals surface area contributed by atoms with E-state index in [0.29, 0.717) is 39.4 Å². The first-order chi connectivity index (χ1) is 16.0. The van der Waals surface area contributed by atoms with Gasteiger partial charge in [-0.25, -0.2) is 9.78 Å². The first-order valence-electron chi connectivity index (χ1n) is 11.7. The number of fused-ring (bicyclic) bond motifs is 2. The molecule has 6 nitrogen and oxygen atoms in total. The SMILES string of the molecule is CCOC(=O)c1c(NC(=O)CCSc2nc3c(cc2C#N)CCCC3)sc2c1CCC(C)C2. The van der Waals surface area contributed by atoms with Gasteiger partial charge in [0.15, 0.2) is 0 Å². The summed E-state index contributed by atoms with van der Waals surface area (Å²) in [4.78, 5) is 31.3. The predicted molar refractivity (Wildman–Crippen MR) is 131 cm³/mol. The average molecular weight is 484 g/mol. The number of nitriles is 1. The molecule has 1 N–H and O–H groups in total. The highest BCUT2D eigenvalue weighted by atomic mass is 32.2. The molecule has 33 heavy (non-hydrogen) atoms. The molecule has 0 bridgehead atoms. The summed E-state index contributed by atoms with van der Waals surface area (Å²) in [5.41, 5.74) is 4.43. The maximum absolute atomic E-state index is 12.7. The second-order valence-corrected chi connectivity index (χ2v) is 10.9. The Bertz CT molecular complexity index is 1100. The van der Waals surface area contributed by atoms with Crippen LogP contribution in [0.5, 0.6) is 0 Å². The molecule has 1 atom stereocenters. The number of thioether (sulfide) groups is 1. The van der Waals surface area contributed by atoms with Gasteiger partial charge in [0.2, 0.25) is 5.91 Å². The third kappa shape index (κ3) is 5.42. The van der Waals surface area contributed by atoms with E-state index in [2.05, 4.69) is 18.3 Å². The molecule has 1 amide bonds. The van der Waals surface area contributed by atoms with Crippen molar-refractivity contribution in [3.63, 3.8) is 0 Å². The van der Waals surface area contributed by atoms with Crippen molar-refractivity contribution in [1.82, 2.24) is 4.98 Å². The van der Waals surface area contributed by atoms with Crippen molar-refractivity contribution in [2.24, 2.45) is 5.92 Å². The van der Waals surface area contributed by atoms with Gasteiger partial charge in [-0.05, 0) is 75.0 Å². The molecule has 0 aliphatic heterocycles. The molecule has 174 valence electrons. The lowest BCUT2D eigenvalue weighted by Crippen LogP contribution is -2.17. The van der Waals surface area contributed by atoms with Gasteiger partial charge in [-0.15, -0.1) is 23.1 Å². The maximum Gasteiger partial charge on any atom is 0.341 e. The lowest BCUT2D eigenvalue weighted by Gasteiger charge is -2.18. The minimum Gasteiger partial charge on any atom is -0.462 e. The summed E-state index contributed by atoms with van der Waals surface area (Å²) >= 11 is 2.95. The summed E-state index contributed by atoms with van der Waals surface area (Å²) in [6.45, 7) is 4.31. The van der Waals surface area contributed by atoms with E-state index >= 15 is 0 Å². The lowest BCUT2D eigenvalue weighted by molar-refractivity contribution is -0.115. The second kappa shape index (κ2) is 10.7. The highest BCUT2D eigenvalue weighted by molar-refractivity contribution is 7.99. The van der Waals surface area contributed by atoms with Crippen LogP contribution < -0.4 is 5.32 Å². The first-order valence-corrected chi connectivity index (χ1v) is 13.5. The van der Waals surface area contributed by atoms with E-state index in [1.807, 2.05) is 6.07 Å². The molecule has 2 aromatic heterocycles. The van der Waals surface area contributed by atoms with Gasteiger partial charge in [-0.3, -0.25) is 4.79 Å². The minimum absolute atomic E-state index is 0.142. The molecule has 4 rings (SSSR count). The van der Waals surface area contributed by atoms with E-state index in [-0.39, 0.29) is 18.3 Å². The van der Waals surface area contributed by atoms with Gasteiger partial charge in [0.1, 0.15) is 16.1 Å². The van der Waals surface area contributed by atoms with E-state index < -0.39 is 0 Å². The van der Waals surface area contributed by atoms with Crippen LogP contribution in [0.4, 0.5) is 5.00 Å². The fourth-order valence-electron chi connectivity index (χ4n) is 4.49. The van der Waals surface area contributed by atoms with Crippen LogP contribution >= 0.6 is 23.1 Å². The third-order valence-corrected chi connectivity index (χ3v) is 8.36. The monoisotopic (exact) mass is 483 g/mol. The molecule has 0 aromatic carbocycles. The number of aromatic nitrogens is 1. The number of nitrogens with zero attached hydrogens (tertiary/aromatic N) is 2. The van der Waals surface area contributed by atoms with Gasteiger partial charge in [-0.2, -0.15) is 5.26 Å². The van der Waals surface area contributed by atoms with Crippen molar-refractivity contribution in [3.8, 4) is 6.07 Å². The largest absolute Gasteiger partial charge is 0.462 e. The molecule has 2 aliphatic carbocycles. The highest BCUT2D eigenvalue weighted by Crippen LogP contribution is 2.40. The maximum atomic E-state index is 12.7. The van der Waals surface area contributed by atoms with E-state index in [0.717, 1.165) is 56.2 Å². The number of ether oxygens (including phenoxy) is 1. The normalized spacial score (nSPS) is 16.9. The Balaban J connectivity index is 1.43. The summed E-state index contributed by atoms with van der Waals surface area (Å²) in [7, 11) is 0. The Morgan fingerprint density at radius 2 is 2.15 bits per heavy atom. The fourth-order valence-corrected chi connectivity index (χ4v) is 6.82. The third-order valence-electron chi connectivity index (χ3n) is 6.20. The van der Waals surface area contributed by atoms with Gasteiger partial charge < -0.3 is 10.1 Å². The molecule has 0 fully saturated rings. The predicted octanol–water partition coefficient (Wildman–Crippen LogP) is 5.32. The topological polar surface area (TPSA) is 92.1 Å². The van der Waals surface area contributed by atoms with Crippen LogP contribution in [0.1, 0.15) is 77.2 Å². The Labute approximate surface area is 203 Å². The molecule has 0 radical (unpaired) electrons. The van der Waals surface area contributed by atoms with Crippen LogP contribution in [-0.2, 0) is 35.2 Å².